The summed E-state index contributed by atoms with van der Waals surface area (Å²) < 4.78 is 27.4. The summed E-state index contributed by atoms with van der Waals surface area (Å²) in [6, 6.07) is 1.65. The van der Waals surface area contributed by atoms with Crippen molar-refractivity contribution in [1.82, 2.24) is 14.7 Å². The van der Waals surface area contributed by atoms with Gasteiger partial charge in [-0.1, -0.05) is 23.2 Å². The number of imidazole rings is 1. The Morgan fingerprint density at radius 3 is 2.67 bits per heavy atom. The average molecular weight is 348 g/mol. The molecule has 21 heavy (non-hydrogen) atoms. The molecule has 0 atom stereocenters. The van der Waals surface area contributed by atoms with E-state index in [0.717, 1.165) is 0 Å². The first-order valence-corrected chi connectivity index (χ1v) is 8.50. The van der Waals surface area contributed by atoms with Gasteiger partial charge in [-0.05, 0) is 31.0 Å². The van der Waals surface area contributed by atoms with E-state index in [2.05, 4.69) is 14.7 Å². The molecule has 8 heteroatoms. The second kappa shape index (κ2) is 6.36. The Bertz CT molecular complexity index is 717. The molecule has 0 saturated heterocycles. The smallest absolute Gasteiger partial charge is 0.242 e. The highest BCUT2D eigenvalue weighted by atomic mass is 35.5. The molecular formula is C13H15Cl2N3O2S. The summed E-state index contributed by atoms with van der Waals surface area (Å²) in [4.78, 5) is 6.98. The van der Waals surface area contributed by atoms with Crippen molar-refractivity contribution in [3.8, 4) is 0 Å². The molecule has 0 spiro atoms. The standard InChI is InChI=1S/C13H15Cl2N3O2S/c1-8-7-10(14)9(2)13(12(8)15)21(19,20)18-4-3-11-16-5-6-17-11/h5-7,18H,3-4H2,1-2H3,(H,16,17). The molecule has 0 fully saturated rings. The van der Waals surface area contributed by atoms with Gasteiger partial charge in [0, 0.05) is 30.4 Å². The number of aromatic nitrogens is 2. The number of nitrogens with one attached hydrogen (secondary N) is 2. The Balaban J connectivity index is 2.23. The minimum absolute atomic E-state index is 0.0358. The quantitative estimate of drug-likeness (QED) is 0.873. The maximum absolute atomic E-state index is 12.4. The van der Waals surface area contributed by atoms with Crippen molar-refractivity contribution in [2.24, 2.45) is 0 Å². The summed E-state index contributed by atoms with van der Waals surface area (Å²) in [7, 11) is -3.73. The molecule has 0 aliphatic heterocycles. The lowest BCUT2D eigenvalue weighted by Gasteiger charge is -2.13. The van der Waals surface area contributed by atoms with Crippen LogP contribution >= 0.6 is 23.2 Å². The lowest BCUT2D eigenvalue weighted by atomic mass is 10.2. The van der Waals surface area contributed by atoms with Crippen LogP contribution in [0.5, 0.6) is 0 Å². The minimum Gasteiger partial charge on any atom is -0.349 e. The van der Waals surface area contributed by atoms with Crippen LogP contribution in [0.3, 0.4) is 0 Å². The van der Waals surface area contributed by atoms with Crippen molar-refractivity contribution in [3.05, 3.63) is 45.5 Å². The molecule has 2 rings (SSSR count). The number of benzene rings is 1. The van der Waals surface area contributed by atoms with Crippen LogP contribution in [0.15, 0.2) is 23.4 Å². The molecule has 0 aliphatic rings. The maximum atomic E-state index is 12.4. The molecule has 1 aromatic carbocycles. The van der Waals surface area contributed by atoms with Crippen LogP contribution in [0.25, 0.3) is 0 Å². The third-order valence-corrected chi connectivity index (χ3v) is 5.69. The third kappa shape index (κ3) is 3.58. The molecule has 2 aromatic rings. The van der Waals surface area contributed by atoms with Crippen LogP contribution in [0.2, 0.25) is 10.0 Å². The molecule has 2 N–H and O–H groups in total. The fraction of sp³-hybridized carbons (Fsp3) is 0.308. The molecule has 1 aromatic heterocycles. The highest BCUT2D eigenvalue weighted by Gasteiger charge is 2.23. The Kier molecular flexibility index (Phi) is 4.93. The Morgan fingerprint density at radius 1 is 1.33 bits per heavy atom. The van der Waals surface area contributed by atoms with Crippen molar-refractivity contribution < 1.29 is 8.42 Å². The Labute approximate surface area is 133 Å². The maximum Gasteiger partial charge on any atom is 0.242 e. The zero-order valence-corrected chi connectivity index (χ0v) is 13.9. The van der Waals surface area contributed by atoms with E-state index in [0.29, 0.717) is 28.4 Å². The Hall–Kier alpha value is -1.08. The minimum atomic E-state index is -3.73. The summed E-state index contributed by atoms with van der Waals surface area (Å²) in [6.45, 7) is 3.57. The fourth-order valence-electron chi connectivity index (χ4n) is 1.94. The van der Waals surface area contributed by atoms with Crippen molar-refractivity contribution in [3.63, 3.8) is 0 Å². The fourth-order valence-corrected chi connectivity index (χ4v) is 4.18. The van der Waals surface area contributed by atoms with E-state index in [-0.39, 0.29) is 16.5 Å². The molecule has 5 nitrogen and oxygen atoms in total. The third-order valence-electron chi connectivity index (χ3n) is 3.07. The Morgan fingerprint density at radius 2 is 2.05 bits per heavy atom. The van der Waals surface area contributed by atoms with E-state index in [1.54, 1.807) is 32.3 Å². The van der Waals surface area contributed by atoms with Crippen LogP contribution < -0.4 is 4.72 Å². The second-order valence-electron chi connectivity index (χ2n) is 4.63. The van der Waals surface area contributed by atoms with Gasteiger partial charge in [-0.15, -0.1) is 0 Å². The first-order valence-electron chi connectivity index (χ1n) is 6.26. The molecule has 0 bridgehead atoms. The van der Waals surface area contributed by atoms with Crippen LogP contribution in [-0.2, 0) is 16.4 Å². The van der Waals surface area contributed by atoms with Crippen molar-refractivity contribution in [2.45, 2.75) is 25.2 Å². The van der Waals surface area contributed by atoms with E-state index in [1.807, 2.05) is 0 Å². The van der Waals surface area contributed by atoms with Crippen LogP contribution in [0, 0.1) is 13.8 Å². The molecule has 0 radical (unpaired) electrons. The van der Waals surface area contributed by atoms with Gasteiger partial charge < -0.3 is 4.98 Å². The predicted octanol–water partition coefficient (Wildman–Crippen LogP) is 2.85. The molecule has 0 saturated carbocycles. The number of rotatable bonds is 5. The summed E-state index contributed by atoms with van der Waals surface area (Å²) >= 11 is 12.2. The van der Waals surface area contributed by atoms with Gasteiger partial charge in [-0.3, -0.25) is 0 Å². The van der Waals surface area contributed by atoms with E-state index < -0.39 is 10.0 Å². The van der Waals surface area contributed by atoms with E-state index in [1.165, 1.54) is 0 Å². The molecule has 0 amide bonds. The molecule has 114 valence electrons. The van der Waals surface area contributed by atoms with Crippen LogP contribution in [0.1, 0.15) is 17.0 Å². The number of halogens is 2. The van der Waals surface area contributed by atoms with Gasteiger partial charge in [0.05, 0.1) is 5.02 Å². The number of nitrogens with zero attached hydrogens (tertiary/aromatic N) is 1. The molecule has 0 aliphatic carbocycles. The van der Waals surface area contributed by atoms with Gasteiger partial charge in [0.2, 0.25) is 10.0 Å². The number of H-pyrrole nitrogens is 1. The highest BCUT2D eigenvalue weighted by molar-refractivity contribution is 7.89. The monoisotopic (exact) mass is 347 g/mol. The van der Waals surface area contributed by atoms with E-state index >= 15 is 0 Å². The zero-order chi connectivity index (χ0) is 15.6. The zero-order valence-electron chi connectivity index (χ0n) is 11.6. The molecular weight excluding hydrogens is 333 g/mol. The van der Waals surface area contributed by atoms with E-state index in [4.69, 9.17) is 23.2 Å². The van der Waals surface area contributed by atoms with Gasteiger partial charge in [-0.2, -0.15) is 0 Å². The lowest BCUT2D eigenvalue weighted by molar-refractivity contribution is 0.580. The van der Waals surface area contributed by atoms with Crippen molar-refractivity contribution >= 4 is 33.2 Å². The van der Waals surface area contributed by atoms with Crippen molar-refractivity contribution in [2.75, 3.05) is 6.54 Å². The van der Waals surface area contributed by atoms with Crippen LogP contribution in [0.4, 0.5) is 0 Å². The average Bonchev–Trinajstić information content (AvgIpc) is 2.89. The normalized spacial score (nSPS) is 11.8. The van der Waals surface area contributed by atoms with Gasteiger partial charge in [0.25, 0.3) is 0 Å². The molecule has 0 unspecified atom stereocenters. The SMILES string of the molecule is Cc1cc(Cl)c(C)c(S(=O)(=O)NCCc2ncc[nH]2)c1Cl. The highest BCUT2D eigenvalue weighted by Crippen LogP contribution is 2.33. The first-order chi connectivity index (χ1) is 9.83. The summed E-state index contributed by atoms with van der Waals surface area (Å²) in [6.07, 6.45) is 3.76. The van der Waals surface area contributed by atoms with E-state index in [9.17, 15) is 8.42 Å². The number of hydrogen-bond acceptors (Lipinski definition) is 3. The second-order valence-corrected chi connectivity index (χ2v) is 7.12. The lowest BCUT2D eigenvalue weighted by Crippen LogP contribution is -2.27. The van der Waals surface area contributed by atoms with Gasteiger partial charge in [-0.25, -0.2) is 18.1 Å². The summed E-state index contributed by atoms with van der Waals surface area (Å²) in [5, 5.41) is 0.575. The van der Waals surface area contributed by atoms with Crippen LogP contribution in [-0.4, -0.2) is 24.9 Å². The summed E-state index contributed by atoms with van der Waals surface area (Å²) in [5.74, 6) is 0.711. The first kappa shape index (κ1) is 16.3. The van der Waals surface area contributed by atoms with Crippen molar-refractivity contribution in [1.29, 1.82) is 0 Å². The molecule has 1 heterocycles. The van der Waals surface area contributed by atoms with Gasteiger partial charge in [0.1, 0.15) is 10.7 Å². The number of aromatic amines is 1. The van der Waals surface area contributed by atoms with Gasteiger partial charge >= 0.3 is 0 Å². The largest absolute Gasteiger partial charge is 0.349 e. The topological polar surface area (TPSA) is 74.8 Å². The summed E-state index contributed by atoms with van der Waals surface area (Å²) in [5.41, 5.74) is 1.07. The predicted molar refractivity (Wildman–Crippen MR) is 83.4 cm³/mol. The van der Waals surface area contributed by atoms with Gasteiger partial charge in [0.15, 0.2) is 0 Å². The number of hydrogen-bond donors (Lipinski definition) is 2. The number of aryl methyl sites for hydroxylation is 1. The number of sulfonamides is 1.